The highest BCUT2D eigenvalue weighted by Crippen LogP contribution is 2.59. The van der Waals surface area contributed by atoms with Crippen LogP contribution in [0.25, 0.3) is 0 Å². The summed E-state index contributed by atoms with van der Waals surface area (Å²) >= 11 is 11.8. The lowest BCUT2D eigenvalue weighted by molar-refractivity contribution is 1.11. The van der Waals surface area contributed by atoms with Gasteiger partial charge in [0, 0.05) is 5.92 Å². The fraction of sp³-hybridized carbons (Fsp3) is 0.333. The number of hydrogen-bond donors (Lipinski definition) is 0. The summed E-state index contributed by atoms with van der Waals surface area (Å²) in [6.45, 7) is 0. The second-order valence-corrected chi connectivity index (χ2v) is 4.73. The molecule has 0 aromatic heterocycles. The Labute approximate surface area is 83.3 Å². The van der Waals surface area contributed by atoms with Crippen LogP contribution < -0.4 is 5.46 Å². The fourth-order valence-electron chi connectivity index (χ4n) is 1.30. The van der Waals surface area contributed by atoms with Crippen LogP contribution in [0, 0.1) is 0 Å². The summed E-state index contributed by atoms with van der Waals surface area (Å²) in [5, 5.41) is 0. The number of alkyl halides is 2. The molecule has 1 aliphatic carbocycles. The Morgan fingerprint density at radius 1 is 1.25 bits per heavy atom. The van der Waals surface area contributed by atoms with Crippen molar-refractivity contribution in [2.45, 2.75) is 16.7 Å². The van der Waals surface area contributed by atoms with E-state index in [2.05, 4.69) is 0 Å². The standard InChI is InChI=1S/C9H7BCl2/c10-7-3-1-6(2-4-7)8-5-9(8,11)12/h1-4,8H,5H2. The molecule has 1 fully saturated rings. The van der Waals surface area contributed by atoms with Gasteiger partial charge in [-0.05, 0) is 12.0 Å². The molecule has 60 valence electrons. The molecule has 0 N–H and O–H groups in total. The second-order valence-electron chi connectivity index (χ2n) is 3.18. The maximum absolute atomic E-state index is 5.92. The van der Waals surface area contributed by atoms with E-state index in [9.17, 15) is 0 Å². The fourth-order valence-corrected chi connectivity index (χ4v) is 1.86. The third-order valence-corrected chi connectivity index (χ3v) is 3.00. The van der Waals surface area contributed by atoms with Crippen LogP contribution in [-0.4, -0.2) is 12.2 Å². The van der Waals surface area contributed by atoms with Gasteiger partial charge in [-0.1, -0.05) is 29.7 Å². The topological polar surface area (TPSA) is 0 Å². The van der Waals surface area contributed by atoms with Crippen LogP contribution in [0.3, 0.4) is 0 Å². The predicted octanol–water partition coefficient (Wildman–Crippen LogP) is 2.14. The first-order chi connectivity index (χ1) is 5.59. The van der Waals surface area contributed by atoms with Crippen molar-refractivity contribution in [3.8, 4) is 0 Å². The molecule has 1 atom stereocenters. The van der Waals surface area contributed by atoms with Crippen molar-refractivity contribution >= 4 is 36.5 Å². The van der Waals surface area contributed by atoms with Crippen molar-refractivity contribution in [2.24, 2.45) is 0 Å². The monoisotopic (exact) mass is 196 g/mol. The van der Waals surface area contributed by atoms with Gasteiger partial charge >= 0.3 is 0 Å². The van der Waals surface area contributed by atoms with Gasteiger partial charge in [-0.15, -0.1) is 23.2 Å². The van der Waals surface area contributed by atoms with Gasteiger partial charge in [-0.2, -0.15) is 0 Å². The number of rotatable bonds is 1. The molecule has 0 heterocycles. The average molecular weight is 197 g/mol. The highest BCUT2D eigenvalue weighted by atomic mass is 35.5. The van der Waals surface area contributed by atoms with Crippen molar-refractivity contribution in [3.05, 3.63) is 29.8 Å². The van der Waals surface area contributed by atoms with Gasteiger partial charge in [-0.25, -0.2) is 0 Å². The Morgan fingerprint density at radius 3 is 2.17 bits per heavy atom. The smallest absolute Gasteiger partial charge is 0.101 e. The van der Waals surface area contributed by atoms with E-state index < -0.39 is 4.33 Å². The van der Waals surface area contributed by atoms with Crippen LogP contribution >= 0.6 is 23.2 Å². The zero-order valence-corrected chi connectivity index (χ0v) is 7.94. The molecule has 0 saturated heterocycles. The highest BCUT2D eigenvalue weighted by Gasteiger charge is 2.52. The second kappa shape index (κ2) is 2.68. The van der Waals surface area contributed by atoms with Crippen LogP contribution in [0.5, 0.6) is 0 Å². The van der Waals surface area contributed by atoms with E-state index in [1.165, 1.54) is 5.56 Å². The van der Waals surface area contributed by atoms with Gasteiger partial charge in [0.15, 0.2) is 0 Å². The zero-order valence-electron chi connectivity index (χ0n) is 6.43. The van der Waals surface area contributed by atoms with Gasteiger partial charge < -0.3 is 0 Å². The Bertz CT molecular complexity index is 292. The normalized spacial score (nSPS) is 25.3. The summed E-state index contributed by atoms with van der Waals surface area (Å²) in [6, 6.07) is 7.70. The van der Waals surface area contributed by atoms with Crippen LogP contribution in [-0.2, 0) is 0 Å². The molecule has 0 bridgehead atoms. The Balaban J connectivity index is 2.21. The van der Waals surface area contributed by atoms with Gasteiger partial charge in [0.1, 0.15) is 12.2 Å². The van der Waals surface area contributed by atoms with E-state index in [4.69, 9.17) is 31.0 Å². The first-order valence-corrected chi connectivity index (χ1v) is 4.58. The largest absolute Gasteiger partial charge is 0.125 e. The number of halogens is 2. The number of hydrogen-bond acceptors (Lipinski definition) is 0. The van der Waals surface area contributed by atoms with E-state index in [1.54, 1.807) is 0 Å². The summed E-state index contributed by atoms with van der Waals surface area (Å²) in [5.41, 5.74) is 1.95. The molecule has 3 heteroatoms. The lowest BCUT2D eigenvalue weighted by Gasteiger charge is -2.00. The Kier molecular flexibility index (Phi) is 1.89. The quantitative estimate of drug-likeness (QED) is 0.477. The minimum atomic E-state index is -0.532. The third-order valence-electron chi connectivity index (χ3n) is 2.16. The molecule has 1 aliphatic rings. The SMILES string of the molecule is [B]c1ccc(C2CC2(Cl)Cl)cc1. The third kappa shape index (κ3) is 1.48. The highest BCUT2D eigenvalue weighted by molar-refractivity contribution is 6.51. The molecule has 1 aromatic carbocycles. The molecule has 12 heavy (non-hydrogen) atoms. The van der Waals surface area contributed by atoms with E-state index >= 15 is 0 Å². The zero-order chi connectivity index (χ0) is 8.77. The van der Waals surface area contributed by atoms with Crippen molar-refractivity contribution < 1.29 is 0 Å². The van der Waals surface area contributed by atoms with Crippen LogP contribution in [0.15, 0.2) is 24.3 Å². The lowest BCUT2D eigenvalue weighted by atomic mass is 9.94. The van der Waals surface area contributed by atoms with Crippen molar-refractivity contribution in [2.75, 3.05) is 0 Å². The minimum absolute atomic E-state index is 0.293. The lowest BCUT2D eigenvalue weighted by Crippen LogP contribution is -2.00. The molecule has 0 aliphatic heterocycles. The maximum atomic E-state index is 5.92. The van der Waals surface area contributed by atoms with E-state index in [0.29, 0.717) is 5.92 Å². The summed E-state index contributed by atoms with van der Waals surface area (Å²) < 4.78 is -0.532. The molecule has 1 aromatic rings. The molecular formula is C9H7BCl2. The van der Waals surface area contributed by atoms with Gasteiger partial charge in [0.2, 0.25) is 0 Å². The van der Waals surface area contributed by atoms with Crippen molar-refractivity contribution in [1.82, 2.24) is 0 Å². The molecule has 0 spiro atoms. The molecule has 0 amide bonds. The first-order valence-electron chi connectivity index (χ1n) is 3.83. The molecular weight excluding hydrogens is 190 g/mol. The number of benzene rings is 1. The molecule has 2 rings (SSSR count). The summed E-state index contributed by atoms with van der Waals surface area (Å²) in [4.78, 5) is 0. The van der Waals surface area contributed by atoms with Crippen LogP contribution in [0.1, 0.15) is 17.9 Å². The Morgan fingerprint density at radius 2 is 1.75 bits per heavy atom. The predicted molar refractivity (Wildman–Crippen MR) is 53.6 cm³/mol. The van der Waals surface area contributed by atoms with Gasteiger partial charge in [-0.3, -0.25) is 0 Å². The molecule has 1 unspecified atom stereocenters. The van der Waals surface area contributed by atoms with Crippen molar-refractivity contribution in [3.63, 3.8) is 0 Å². The van der Waals surface area contributed by atoms with Gasteiger partial charge in [0.25, 0.3) is 0 Å². The van der Waals surface area contributed by atoms with Gasteiger partial charge in [0.05, 0.1) is 0 Å². The summed E-state index contributed by atoms with van der Waals surface area (Å²) in [7, 11) is 5.55. The average Bonchev–Trinajstić information content (AvgIpc) is 2.61. The first kappa shape index (κ1) is 8.46. The van der Waals surface area contributed by atoms with Crippen molar-refractivity contribution in [1.29, 1.82) is 0 Å². The summed E-state index contributed by atoms with van der Waals surface area (Å²) in [6.07, 6.45) is 0.847. The van der Waals surface area contributed by atoms with Crippen LogP contribution in [0.2, 0.25) is 0 Å². The molecule has 2 radical (unpaired) electrons. The van der Waals surface area contributed by atoms with Crippen LogP contribution in [0.4, 0.5) is 0 Å². The van der Waals surface area contributed by atoms with E-state index in [1.807, 2.05) is 24.3 Å². The Hall–Kier alpha value is -0.135. The maximum Gasteiger partial charge on any atom is 0.125 e. The van der Waals surface area contributed by atoms with E-state index in [0.717, 1.165) is 11.9 Å². The summed E-state index contributed by atoms with van der Waals surface area (Å²) in [5.74, 6) is 0.293. The molecule has 1 saturated carbocycles. The molecule has 0 nitrogen and oxygen atoms in total. The minimum Gasteiger partial charge on any atom is -0.101 e. The van der Waals surface area contributed by atoms with E-state index in [-0.39, 0.29) is 0 Å².